The maximum Gasteiger partial charge on any atom is 0.257 e. The van der Waals surface area contributed by atoms with Gasteiger partial charge in [-0.2, -0.15) is 0 Å². The molecule has 0 spiro atoms. The van der Waals surface area contributed by atoms with Gasteiger partial charge in [0.2, 0.25) is 5.91 Å². The van der Waals surface area contributed by atoms with Gasteiger partial charge in [-0.15, -0.1) is 0 Å². The molecule has 2 amide bonds. The number of para-hydroxylation sites is 2. The van der Waals surface area contributed by atoms with Crippen LogP contribution in [-0.2, 0) is 16.0 Å². The van der Waals surface area contributed by atoms with Crippen LogP contribution in [0.2, 0.25) is 0 Å². The highest BCUT2D eigenvalue weighted by molar-refractivity contribution is 5.95. The molecule has 2 aromatic heterocycles. The summed E-state index contributed by atoms with van der Waals surface area (Å²) in [4.78, 5) is 46.2. The highest BCUT2D eigenvalue weighted by atomic mass is 16.5. The number of likely N-dealkylation sites (tertiary alicyclic amines) is 1. The molecule has 33 heavy (non-hydrogen) atoms. The summed E-state index contributed by atoms with van der Waals surface area (Å²) >= 11 is 0. The van der Waals surface area contributed by atoms with Crippen LogP contribution in [0.4, 0.5) is 0 Å². The number of H-pyrrole nitrogens is 1. The van der Waals surface area contributed by atoms with Gasteiger partial charge in [-0.05, 0) is 25.5 Å². The second-order valence-corrected chi connectivity index (χ2v) is 8.66. The molecule has 1 N–H and O–H groups in total. The number of aryl methyl sites for hydroxylation is 2. The summed E-state index contributed by atoms with van der Waals surface area (Å²) < 4.78 is 5.33. The average Bonchev–Trinajstić information content (AvgIpc) is 3.50. The number of hydrogen-bond donors (Lipinski definition) is 1. The molecule has 3 aromatic rings. The van der Waals surface area contributed by atoms with Crippen LogP contribution in [0.15, 0.2) is 30.5 Å². The Labute approximate surface area is 192 Å². The van der Waals surface area contributed by atoms with Crippen LogP contribution < -0.4 is 0 Å². The maximum absolute atomic E-state index is 12.8. The first kappa shape index (κ1) is 21.5. The van der Waals surface area contributed by atoms with Crippen molar-refractivity contribution >= 4 is 22.8 Å². The highest BCUT2D eigenvalue weighted by Gasteiger charge is 2.30. The van der Waals surface area contributed by atoms with Crippen molar-refractivity contribution in [1.29, 1.82) is 0 Å². The fraction of sp³-hybridized carbons (Fsp3) is 0.458. The molecule has 0 radical (unpaired) electrons. The zero-order chi connectivity index (χ0) is 22.8. The molecule has 1 aromatic carbocycles. The molecule has 2 aliphatic heterocycles. The molecule has 0 saturated carbocycles. The normalized spacial score (nSPS) is 18.8. The standard InChI is InChI=1S/C24H28N6O3/c1-16-18(24(32)29-10-12-33-13-11-29)14-25-23(26-16)17-8-9-30(15-17)22(31)7-6-21-27-19-4-2-3-5-20(19)28-21/h2-5,14,17H,6-13,15H2,1H3,(H,27,28)/t17-/m1/s1. The Balaban J connectivity index is 1.18. The van der Waals surface area contributed by atoms with Crippen molar-refractivity contribution in [2.45, 2.75) is 32.1 Å². The summed E-state index contributed by atoms with van der Waals surface area (Å²) in [5, 5.41) is 0. The fourth-order valence-electron chi connectivity index (χ4n) is 4.53. The van der Waals surface area contributed by atoms with E-state index in [0.29, 0.717) is 69.3 Å². The van der Waals surface area contributed by atoms with E-state index in [1.807, 2.05) is 36.1 Å². The third-order valence-electron chi connectivity index (χ3n) is 6.45. The number of hydrogen-bond acceptors (Lipinski definition) is 6. The Morgan fingerprint density at radius 3 is 2.73 bits per heavy atom. The quantitative estimate of drug-likeness (QED) is 0.641. The van der Waals surface area contributed by atoms with Gasteiger partial charge in [-0.3, -0.25) is 9.59 Å². The van der Waals surface area contributed by atoms with Crippen molar-refractivity contribution in [3.05, 3.63) is 53.4 Å². The van der Waals surface area contributed by atoms with E-state index in [1.54, 1.807) is 11.1 Å². The van der Waals surface area contributed by atoms with E-state index in [2.05, 4.69) is 19.9 Å². The molecule has 9 nitrogen and oxygen atoms in total. The third-order valence-corrected chi connectivity index (χ3v) is 6.45. The second-order valence-electron chi connectivity index (χ2n) is 8.66. The molecule has 1 atom stereocenters. The molecule has 2 aliphatic rings. The molecule has 2 fully saturated rings. The Kier molecular flexibility index (Phi) is 6.04. The smallest absolute Gasteiger partial charge is 0.257 e. The first-order valence-electron chi connectivity index (χ1n) is 11.5. The average molecular weight is 449 g/mol. The van der Waals surface area contributed by atoms with Crippen molar-refractivity contribution in [2.75, 3.05) is 39.4 Å². The van der Waals surface area contributed by atoms with Crippen LogP contribution in [0.1, 0.15) is 46.5 Å². The van der Waals surface area contributed by atoms with E-state index >= 15 is 0 Å². The molecule has 172 valence electrons. The summed E-state index contributed by atoms with van der Waals surface area (Å²) in [6, 6.07) is 7.87. The highest BCUT2D eigenvalue weighted by Crippen LogP contribution is 2.26. The zero-order valence-electron chi connectivity index (χ0n) is 18.8. The largest absolute Gasteiger partial charge is 0.378 e. The SMILES string of the molecule is Cc1nc([C@@H]2CCN(C(=O)CCc3nc4ccccc4[nH]3)C2)ncc1C(=O)N1CCOCC1. The molecule has 4 heterocycles. The molecule has 2 saturated heterocycles. The number of carbonyl (C=O) groups is 2. The lowest BCUT2D eigenvalue weighted by molar-refractivity contribution is -0.130. The van der Waals surface area contributed by atoms with Crippen molar-refractivity contribution in [1.82, 2.24) is 29.7 Å². The summed E-state index contributed by atoms with van der Waals surface area (Å²) in [5.41, 5.74) is 3.14. The van der Waals surface area contributed by atoms with Gasteiger partial charge in [0.1, 0.15) is 11.6 Å². The number of aromatic nitrogens is 4. The van der Waals surface area contributed by atoms with Gasteiger partial charge in [0.25, 0.3) is 5.91 Å². The van der Waals surface area contributed by atoms with Gasteiger partial charge in [0.05, 0.1) is 35.5 Å². The Hall–Kier alpha value is -3.33. The molecular weight excluding hydrogens is 420 g/mol. The van der Waals surface area contributed by atoms with E-state index in [-0.39, 0.29) is 17.7 Å². The predicted octanol–water partition coefficient (Wildman–Crippen LogP) is 2.08. The number of fused-ring (bicyclic) bond motifs is 1. The number of benzene rings is 1. The topological polar surface area (TPSA) is 104 Å². The minimum Gasteiger partial charge on any atom is -0.378 e. The lowest BCUT2D eigenvalue weighted by atomic mass is 10.1. The lowest BCUT2D eigenvalue weighted by Gasteiger charge is -2.27. The minimum absolute atomic E-state index is 0.0452. The van der Waals surface area contributed by atoms with Crippen LogP contribution in [0.3, 0.4) is 0 Å². The number of aromatic amines is 1. The minimum atomic E-state index is -0.0452. The van der Waals surface area contributed by atoms with Crippen LogP contribution in [0.5, 0.6) is 0 Å². The first-order chi connectivity index (χ1) is 16.1. The molecule has 0 unspecified atom stereocenters. The van der Waals surface area contributed by atoms with E-state index in [1.165, 1.54) is 0 Å². The number of nitrogens with zero attached hydrogens (tertiary/aromatic N) is 5. The summed E-state index contributed by atoms with van der Waals surface area (Å²) in [6.45, 7) is 5.46. The number of rotatable bonds is 5. The number of carbonyl (C=O) groups excluding carboxylic acids is 2. The molecule has 9 heteroatoms. The summed E-state index contributed by atoms with van der Waals surface area (Å²) in [7, 11) is 0. The molecule has 5 rings (SSSR count). The predicted molar refractivity (Wildman–Crippen MR) is 122 cm³/mol. The lowest BCUT2D eigenvalue weighted by Crippen LogP contribution is -2.41. The Morgan fingerprint density at radius 1 is 1.12 bits per heavy atom. The van der Waals surface area contributed by atoms with E-state index in [4.69, 9.17) is 4.74 Å². The number of imidazole rings is 1. The maximum atomic E-state index is 12.8. The van der Waals surface area contributed by atoms with E-state index < -0.39 is 0 Å². The first-order valence-corrected chi connectivity index (χ1v) is 11.5. The summed E-state index contributed by atoms with van der Waals surface area (Å²) in [5.74, 6) is 1.70. The Morgan fingerprint density at radius 2 is 1.94 bits per heavy atom. The van der Waals surface area contributed by atoms with E-state index in [9.17, 15) is 9.59 Å². The number of ether oxygens (including phenoxy) is 1. The van der Waals surface area contributed by atoms with Gasteiger partial charge in [-0.25, -0.2) is 15.0 Å². The monoisotopic (exact) mass is 448 g/mol. The van der Waals surface area contributed by atoms with Gasteiger partial charge in [0.15, 0.2) is 0 Å². The van der Waals surface area contributed by atoms with Crippen molar-refractivity contribution in [2.24, 2.45) is 0 Å². The van der Waals surface area contributed by atoms with Gasteiger partial charge < -0.3 is 19.5 Å². The van der Waals surface area contributed by atoms with Gasteiger partial charge in [-0.1, -0.05) is 12.1 Å². The molecular formula is C24H28N6O3. The van der Waals surface area contributed by atoms with Crippen molar-refractivity contribution in [3.8, 4) is 0 Å². The van der Waals surface area contributed by atoms with Crippen LogP contribution in [0, 0.1) is 6.92 Å². The fourth-order valence-corrected chi connectivity index (χ4v) is 4.53. The number of morpholine rings is 1. The van der Waals surface area contributed by atoms with Crippen LogP contribution >= 0.6 is 0 Å². The van der Waals surface area contributed by atoms with Gasteiger partial charge >= 0.3 is 0 Å². The second kappa shape index (κ2) is 9.27. The Bertz CT molecular complexity index is 1140. The van der Waals surface area contributed by atoms with Crippen LogP contribution in [0.25, 0.3) is 11.0 Å². The number of amides is 2. The van der Waals surface area contributed by atoms with Crippen molar-refractivity contribution in [3.63, 3.8) is 0 Å². The van der Waals surface area contributed by atoms with Crippen LogP contribution in [-0.4, -0.2) is 80.9 Å². The van der Waals surface area contributed by atoms with Gasteiger partial charge in [0, 0.05) is 51.1 Å². The third kappa shape index (κ3) is 4.59. The van der Waals surface area contributed by atoms with E-state index in [0.717, 1.165) is 23.3 Å². The summed E-state index contributed by atoms with van der Waals surface area (Å²) in [6.07, 6.45) is 3.47. The number of nitrogens with one attached hydrogen (secondary N) is 1. The zero-order valence-corrected chi connectivity index (χ0v) is 18.8. The molecule has 0 bridgehead atoms. The van der Waals surface area contributed by atoms with Crippen molar-refractivity contribution < 1.29 is 14.3 Å². The molecule has 0 aliphatic carbocycles.